The van der Waals surface area contributed by atoms with Crippen molar-refractivity contribution in [3.8, 4) is 5.75 Å². The Labute approximate surface area is 178 Å². The van der Waals surface area contributed by atoms with Crippen LogP contribution in [0, 0.1) is 6.92 Å². The molecule has 2 nitrogen and oxygen atoms in total. The van der Waals surface area contributed by atoms with Gasteiger partial charge < -0.3 is 10.2 Å². The summed E-state index contributed by atoms with van der Waals surface area (Å²) in [7, 11) is 0. The van der Waals surface area contributed by atoms with Crippen molar-refractivity contribution in [3.05, 3.63) is 76.4 Å². The zero-order valence-electron chi connectivity index (χ0n) is 19.3. The maximum atomic E-state index is 9.94. The minimum atomic E-state index is -0.730. The topological polar surface area (TPSA) is 40.5 Å². The Morgan fingerprint density at radius 1 is 0.931 bits per heavy atom. The predicted molar refractivity (Wildman–Crippen MR) is 126 cm³/mol. The third-order valence-corrected chi connectivity index (χ3v) is 4.93. The summed E-state index contributed by atoms with van der Waals surface area (Å²) in [5, 5.41) is 19.6. The van der Waals surface area contributed by atoms with Crippen molar-refractivity contribution in [1.29, 1.82) is 0 Å². The van der Waals surface area contributed by atoms with E-state index in [4.69, 9.17) is 0 Å². The zero-order valence-corrected chi connectivity index (χ0v) is 19.3. The molecule has 2 heteroatoms. The Balaban J connectivity index is 2.36. The van der Waals surface area contributed by atoms with Crippen LogP contribution in [0.1, 0.15) is 77.8 Å². The Morgan fingerprint density at radius 3 is 2.14 bits per heavy atom. The van der Waals surface area contributed by atoms with E-state index in [0.717, 1.165) is 44.1 Å². The average molecular weight is 397 g/mol. The number of phenolic OH excluding ortho intramolecular Hbond substituents is 1. The van der Waals surface area contributed by atoms with Crippen LogP contribution < -0.4 is 0 Å². The van der Waals surface area contributed by atoms with Crippen LogP contribution in [0.4, 0.5) is 0 Å². The van der Waals surface area contributed by atoms with Gasteiger partial charge in [-0.15, -0.1) is 0 Å². The number of aliphatic hydroxyl groups is 1. The van der Waals surface area contributed by atoms with E-state index in [9.17, 15) is 10.2 Å². The molecule has 0 atom stereocenters. The van der Waals surface area contributed by atoms with E-state index in [1.165, 1.54) is 22.3 Å². The van der Waals surface area contributed by atoms with E-state index in [2.05, 4.69) is 52.0 Å². The van der Waals surface area contributed by atoms with Gasteiger partial charge in [0.05, 0.1) is 5.60 Å². The maximum absolute atomic E-state index is 9.94. The number of rotatable bonds is 11. The average Bonchev–Trinajstić information content (AvgIpc) is 2.61. The van der Waals surface area contributed by atoms with Crippen LogP contribution in [-0.4, -0.2) is 15.8 Å². The van der Waals surface area contributed by atoms with Gasteiger partial charge in [-0.05, 0) is 91.7 Å². The summed E-state index contributed by atoms with van der Waals surface area (Å²) < 4.78 is 0. The van der Waals surface area contributed by atoms with Gasteiger partial charge in [0.2, 0.25) is 0 Å². The van der Waals surface area contributed by atoms with Gasteiger partial charge in [0, 0.05) is 0 Å². The minimum absolute atomic E-state index is 0.384. The molecule has 0 saturated heterocycles. The van der Waals surface area contributed by atoms with Gasteiger partial charge in [0.15, 0.2) is 0 Å². The Bertz CT molecular complexity index is 755. The Morgan fingerprint density at radius 2 is 1.52 bits per heavy atom. The molecule has 0 bridgehead atoms. The highest BCUT2D eigenvalue weighted by molar-refractivity contribution is 5.37. The molecule has 1 aromatic carbocycles. The number of phenols is 1. The molecular weight excluding hydrogens is 356 g/mol. The first-order valence-electron chi connectivity index (χ1n) is 10.7. The number of hydrogen-bond donors (Lipinski definition) is 2. The number of aryl methyl sites for hydroxylation is 1. The first-order chi connectivity index (χ1) is 13.6. The second kappa shape index (κ2) is 12.5. The lowest BCUT2D eigenvalue weighted by Crippen LogP contribution is -2.13. The van der Waals surface area contributed by atoms with E-state index < -0.39 is 5.60 Å². The molecule has 1 rings (SSSR count). The van der Waals surface area contributed by atoms with Gasteiger partial charge in [0.25, 0.3) is 0 Å². The predicted octanol–water partition coefficient (Wildman–Crippen LogP) is 7.36. The normalized spacial score (nSPS) is 14.1. The molecule has 0 saturated carbocycles. The first-order valence-corrected chi connectivity index (χ1v) is 10.7. The van der Waals surface area contributed by atoms with E-state index in [1.54, 1.807) is 19.9 Å². The van der Waals surface area contributed by atoms with Crippen molar-refractivity contribution < 1.29 is 10.2 Å². The van der Waals surface area contributed by atoms with Gasteiger partial charge in [-0.2, -0.15) is 0 Å². The number of hydrogen-bond acceptors (Lipinski definition) is 2. The van der Waals surface area contributed by atoms with E-state index in [1.807, 2.05) is 18.2 Å². The molecule has 0 aliphatic carbocycles. The summed E-state index contributed by atoms with van der Waals surface area (Å²) in [5.41, 5.74) is 5.59. The standard InChI is InChI=1S/C27H40O2/c1-21(10-7-12-22(2)14-9-19-27(5,6)29)11-8-13-23(3)15-17-25-20-24(4)16-18-26(25)28/h9,11-12,15-16,18-20,28-29H,7-8,10,13-14,17H2,1-6H3/b19-9+,21-11+,22-12+,23-15+. The summed E-state index contributed by atoms with van der Waals surface area (Å²) in [4.78, 5) is 0. The van der Waals surface area contributed by atoms with Gasteiger partial charge in [0.1, 0.15) is 5.75 Å². The smallest absolute Gasteiger partial charge is 0.119 e. The van der Waals surface area contributed by atoms with Crippen LogP contribution >= 0.6 is 0 Å². The highest BCUT2D eigenvalue weighted by atomic mass is 16.3. The molecule has 0 aliphatic heterocycles. The SMILES string of the molecule is C/C(=C\CC/C(C)=C/CC/C(C)=C/Cc1cc(C)ccc1O)C/C=C/C(C)(C)O. The second-order valence-electron chi connectivity index (χ2n) is 8.83. The van der Waals surface area contributed by atoms with Crippen LogP contribution in [0.5, 0.6) is 5.75 Å². The van der Waals surface area contributed by atoms with E-state index in [0.29, 0.717) is 5.75 Å². The molecule has 0 aromatic heterocycles. The second-order valence-corrected chi connectivity index (χ2v) is 8.83. The number of benzene rings is 1. The maximum Gasteiger partial charge on any atom is 0.119 e. The van der Waals surface area contributed by atoms with E-state index >= 15 is 0 Å². The van der Waals surface area contributed by atoms with Crippen LogP contribution in [0.15, 0.2) is 65.3 Å². The van der Waals surface area contributed by atoms with Crippen LogP contribution in [0.3, 0.4) is 0 Å². The molecule has 0 spiro atoms. The lowest BCUT2D eigenvalue weighted by Gasteiger charge is -2.10. The van der Waals surface area contributed by atoms with Crippen molar-refractivity contribution in [3.63, 3.8) is 0 Å². The summed E-state index contributed by atoms with van der Waals surface area (Å²) in [6.07, 6.45) is 16.7. The Hall–Kier alpha value is -2.06. The molecule has 0 radical (unpaired) electrons. The number of allylic oxidation sites excluding steroid dienone is 7. The van der Waals surface area contributed by atoms with Crippen molar-refractivity contribution in [2.45, 2.75) is 85.7 Å². The molecule has 0 aliphatic rings. The third kappa shape index (κ3) is 12.2. The summed E-state index contributed by atoms with van der Waals surface area (Å²) in [6.45, 7) is 12.2. The van der Waals surface area contributed by atoms with Crippen molar-refractivity contribution >= 4 is 0 Å². The van der Waals surface area contributed by atoms with Crippen molar-refractivity contribution in [2.75, 3.05) is 0 Å². The molecule has 0 heterocycles. The largest absolute Gasteiger partial charge is 0.508 e. The quantitative estimate of drug-likeness (QED) is 0.384. The molecule has 0 amide bonds. The third-order valence-electron chi connectivity index (χ3n) is 4.93. The summed E-state index contributed by atoms with van der Waals surface area (Å²) >= 11 is 0. The summed E-state index contributed by atoms with van der Waals surface area (Å²) in [6, 6.07) is 5.77. The van der Waals surface area contributed by atoms with Gasteiger partial charge >= 0.3 is 0 Å². The fourth-order valence-electron chi connectivity index (χ4n) is 3.08. The molecule has 0 unspecified atom stereocenters. The molecule has 0 fully saturated rings. The van der Waals surface area contributed by atoms with Gasteiger partial charge in [-0.1, -0.05) is 64.8 Å². The molecule has 160 valence electrons. The molecule has 1 aromatic rings. The summed E-state index contributed by atoms with van der Waals surface area (Å²) in [5.74, 6) is 0.384. The van der Waals surface area contributed by atoms with E-state index in [-0.39, 0.29) is 0 Å². The zero-order chi connectivity index (χ0) is 21.9. The van der Waals surface area contributed by atoms with Crippen molar-refractivity contribution in [2.24, 2.45) is 0 Å². The van der Waals surface area contributed by atoms with Crippen molar-refractivity contribution in [1.82, 2.24) is 0 Å². The first kappa shape index (κ1) is 25.0. The highest BCUT2D eigenvalue weighted by Crippen LogP contribution is 2.20. The Kier molecular flexibility index (Phi) is 10.8. The van der Waals surface area contributed by atoms with Gasteiger partial charge in [-0.3, -0.25) is 0 Å². The van der Waals surface area contributed by atoms with Crippen LogP contribution in [-0.2, 0) is 6.42 Å². The monoisotopic (exact) mass is 396 g/mol. The highest BCUT2D eigenvalue weighted by Gasteiger charge is 2.05. The lowest BCUT2D eigenvalue weighted by molar-refractivity contribution is 0.133. The molecule has 29 heavy (non-hydrogen) atoms. The van der Waals surface area contributed by atoms with Gasteiger partial charge in [-0.25, -0.2) is 0 Å². The fraction of sp³-hybridized carbons (Fsp3) is 0.481. The minimum Gasteiger partial charge on any atom is -0.508 e. The molecule has 2 N–H and O–H groups in total. The lowest BCUT2D eigenvalue weighted by atomic mass is 10.0. The number of aromatic hydroxyl groups is 1. The van der Waals surface area contributed by atoms with Crippen LogP contribution in [0.25, 0.3) is 0 Å². The molecular formula is C27H40O2. The fourth-order valence-corrected chi connectivity index (χ4v) is 3.08. The van der Waals surface area contributed by atoms with Crippen LogP contribution in [0.2, 0.25) is 0 Å².